The number of nitrogens with one attached hydrogen (secondary N) is 1. The predicted molar refractivity (Wildman–Crippen MR) is 83.7 cm³/mol. The van der Waals surface area contributed by atoms with Crippen molar-refractivity contribution >= 4 is 15.5 Å². The van der Waals surface area contributed by atoms with Crippen LogP contribution in [0.4, 0.5) is 0 Å². The fourth-order valence-electron chi connectivity index (χ4n) is 3.01. The minimum absolute atomic E-state index is 0.0169. The molecule has 0 aliphatic carbocycles. The number of sulfone groups is 1. The van der Waals surface area contributed by atoms with Crippen molar-refractivity contribution in [1.82, 2.24) is 19.5 Å². The van der Waals surface area contributed by atoms with Gasteiger partial charge in [-0.2, -0.15) is 0 Å². The van der Waals surface area contributed by atoms with Gasteiger partial charge >= 0.3 is 0 Å². The highest BCUT2D eigenvalue weighted by Gasteiger charge is 2.31. The Morgan fingerprint density at radius 3 is 2.86 bits per heavy atom. The highest BCUT2D eigenvalue weighted by atomic mass is 32.2. The maximum absolute atomic E-state index is 12.1. The fraction of sp³-hybridized carbons (Fsp3) is 0.571. The molecule has 0 amide bonds. The van der Waals surface area contributed by atoms with E-state index in [1.54, 1.807) is 0 Å². The topological polar surface area (TPSA) is 87.5 Å². The van der Waals surface area contributed by atoms with E-state index < -0.39 is 9.84 Å². The summed E-state index contributed by atoms with van der Waals surface area (Å²) in [5.74, 6) is 0.450. The number of aromatic amines is 1. The van der Waals surface area contributed by atoms with Crippen LogP contribution in [0.2, 0.25) is 0 Å². The van der Waals surface area contributed by atoms with Crippen molar-refractivity contribution in [1.29, 1.82) is 0 Å². The second-order valence-corrected chi connectivity index (χ2v) is 8.07. The standard InChI is InChI=1S/C14H20N4O3S/c1-3-17(12-4-5-22(20,21)9-12)8-11-7-14(19)18-13(15-11)6-10(2)16-18/h6-7,12,16H,3-5,8-9H2,1-2H3. The number of hydrogen-bond donors (Lipinski definition) is 1. The van der Waals surface area contributed by atoms with Gasteiger partial charge in [-0.3, -0.25) is 14.8 Å². The normalized spacial score (nSPS) is 21.0. The molecule has 2 aromatic heterocycles. The zero-order valence-electron chi connectivity index (χ0n) is 12.7. The van der Waals surface area contributed by atoms with Gasteiger partial charge in [0.1, 0.15) is 0 Å². The van der Waals surface area contributed by atoms with Crippen molar-refractivity contribution in [3.8, 4) is 0 Å². The molecule has 7 nitrogen and oxygen atoms in total. The van der Waals surface area contributed by atoms with Crippen molar-refractivity contribution in [3.63, 3.8) is 0 Å². The van der Waals surface area contributed by atoms with Crippen LogP contribution in [0.1, 0.15) is 24.7 Å². The Morgan fingerprint density at radius 1 is 1.45 bits per heavy atom. The van der Waals surface area contributed by atoms with Crippen molar-refractivity contribution in [3.05, 3.63) is 33.9 Å². The van der Waals surface area contributed by atoms with E-state index >= 15 is 0 Å². The quantitative estimate of drug-likeness (QED) is 0.876. The maximum atomic E-state index is 12.1. The summed E-state index contributed by atoms with van der Waals surface area (Å²) in [7, 11) is -2.92. The number of hydrogen-bond acceptors (Lipinski definition) is 5. The molecule has 2 aromatic rings. The van der Waals surface area contributed by atoms with E-state index in [9.17, 15) is 13.2 Å². The molecule has 1 N–H and O–H groups in total. The Kier molecular flexibility index (Phi) is 3.82. The van der Waals surface area contributed by atoms with Gasteiger partial charge in [-0.25, -0.2) is 17.9 Å². The van der Waals surface area contributed by atoms with Crippen LogP contribution in [0.3, 0.4) is 0 Å². The molecule has 120 valence electrons. The van der Waals surface area contributed by atoms with Crippen molar-refractivity contribution in [2.45, 2.75) is 32.9 Å². The largest absolute Gasteiger partial charge is 0.294 e. The summed E-state index contributed by atoms with van der Waals surface area (Å²) < 4.78 is 24.7. The van der Waals surface area contributed by atoms with Gasteiger partial charge in [-0.15, -0.1) is 0 Å². The first-order valence-electron chi connectivity index (χ1n) is 7.41. The smallest absolute Gasteiger partial charge is 0.272 e. The first-order valence-corrected chi connectivity index (χ1v) is 9.23. The van der Waals surface area contributed by atoms with Gasteiger partial charge in [-0.05, 0) is 19.9 Å². The summed E-state index contributed by atoms with van der Waals surface area (Å²) in [4.78, 5) is 18.7. The molecule has 1 atom stereocenters. The maximum Gasteiger partial charge on any atom is 0.272 e. The summed E-state index contributed by atoms with van der Waals surface area (Å²) in [6, 6.07) is 3.35. The van der Waals surface area contributed by atoms with Crippen LogP contribution < -0.4 is 5.56 Å². The van der Waals surface area contributed by atoms with Crippen molar-refractivity contribution < 1.29 is 8.42 Å². The van der Waals surface area contributed by atoms with Crippen LogP contribution in [-0.2, 0) is 16.4 Å². The SMILES string of the molecule is CCN(Cc1cc(=O)n2[nH]c(C)cc2n1)C1CCS(=O)(=O)C1. The highest BCUT2D eigenvalue weighted by Crippen LogP contribution is 2.19. The summed E-state index contributed by atoms with van der Waals surface area (Å²) in [5, 5.41) is 2.94. The molecule has 8 heteroatoms. The fourth-order valence-corrected chi connectivity index (χ4v) is 4.77. The third-order valence-electron chi connectivity index (χ3n) is 4.13. The molecular weight excluding hydrogens is 304 g/mol. The van der Waals surface area contributed by atoms with Gasteiger partial charge in [0.15, 0.2) is 15.5 Å². The number of rotatable bonds is 4. The zero-order valence-corrected chi connectivity index (χ0v) is 13.6. The van der Waals surface area contributed by atoms with E-state index in [1.807, 2.05) is 19.9 Å². The molecule has 0 aromatic carbocycles. The van der Waals surface area contributed by atoms with Gasteiger partial charge in [0, 0.05) is 30.4 Å². The van der Waals surface area contributed by atoms with E-state index in [-0.39, 0.29) is 23.1 Å². The Bertz CT molecular complexity index is 853. The van der Waals surface area contributed by atoms with Gasteiger partial charge in [-0.1, -0.05) is 6.92 Å². The number of fused-ring (bicyclic) bond motifs is 1. The first kappa shape index (κ1) is 15.2. The zero-order chi connectivity index (χ0) is 15.9. The molecule has 0 saturated carbocycles. The summed E-state index contributed by atoms with van der Waals surface area (Å²) in [6.45, 7) is 5.09. The van der Waals surface area contributed by atoms with E-state index in [0.29, 0.717) is 24.3 Å². The molecule has 1 saturated heterocycles. The lowest BCUT2D eigenvalue weighted by Crippen LogP contribution is -2.36. The van der Waals surface area contributed by atoms with E-state index in [4.69, 9.17) is 0 Å². The number of aromatic nitrogens is 3. The van der Waals surface area contributed by atoms with Crippen LogP contribution in [0.25, 0.3) is 5.65 Å². The minimum atomic E-state index is -2.92. The molecule has 3 heterocycles. The molecule has 3 rings (SSSR count). The third-order valence-corrected chi connectivity index (χ3v) is 5.88. The van der Waals surface area contributed by atoms with E-state index in [2.05, 4.69) is 15.0 Å². The second kappa shape index (κ2) is 5.51. The molecule has 0 bridgehead atoms. The molecule has 22 heavy (non-hydrogen) atoms. The first-order chi connectivity index (χ1) is 10.4. The van der Waals surface area contributed by atoms with Crippen molar-refractivity contribution in [2.75, 3.05) is 18.1 Å². The Balaban J connectivity index is 1.86. The van der Waals surface area contributed by atoms with Gasteiger partial charge in [0.2, 0.25) is 0 Å². The number of H-pyrrole nitrogens is 1. The molecule has 0 radical (unpaired) electrons. The van der Waals surface area contributed by atoms with Crippen LogP contribution in [0, 0.1) is 6.92 Å². The monoisotopic (exact) mass is 324 g/mol. The second-order valence-electron chi connectivity index (χ2n) is 5.84. The van der Waals surface area contributed by atoms with Crippen LogP contribution in [0.5, 0.6) is 0 Å². The molecular formula is C14H20N4O3S. The third kappa shape index (κ3) is 2.93. The molecule has 1 unspecified atom stereocenters. The average Bonchev–Trinajstić information content (AvgIpc) is 2.98. The van der Waals surface area contributed by atoms with Crippen LogP contribution >= 0.6 is 0 Å². The number of nitrogens with zero attached hydrogens (tertiary/aromatic N) is 3. The summed E-state index contributed by atoms with van der Waals surface area (Å²) in [5.41, 5.74) is 1.99. The molecule has 1 aliphatic rings. The summed E-state index contributed by atoms with van der Waals surface area (Å²) >= 11 is 0. The Morgan fingerprint density at radius 2 is 2.23 bits per heavy atom. The number of aryl methyl sites for hydroxylation is 1. The lowest BCUT2D eigenvalue weighted by Gasteiger charge is -2.25. The lowest BCUT2D eigenvalue weighted by molar-refractivity contribution is 0.212. The molecule has 1 fully saturated rings. The Labute approximate surface area is 128 Å². The lowest BCUT2D eigenvalue weighted by atomic mass is 10.2. The van der Waals surface area contributed by atoms with E-state index in [1.165, 1.54) is 10.6 Å². The van der Waals surface area contributed by atoms with Crippen LogP contribution in [0.15, 0.2) is 16.9 Å². The van der Waals surface area contributed by atoms with Gasteiger partial charge in [0.25, 0.3) is 5.56 Å². The Hall–Kier alpha value is -1.67. The molecule has 1 aliphatic heterocycles. The minimum Gasteiger partial charge on any atom is -0.294 e. The predicted octanol–water partition coefficient (Wildman–Crippen LogP) is 0.340. The van der Waals surface area contributed by atoms with Crippen LogP contribution in [-0.4, -0.2) is 52.0 Å². The molecule has 0 spiro atoms. The van der Waals surface area contributed by atoms with Gasteiger partial charge < -0.3 is 0 Å². The summed E-state index contributed by atoms with van der Waals surface area (Å²) in [6.07, 6.45) is 0.653. The van der Waals surface area contributed by atoms with Gasteiger partial charge in [0.05, 0.1) is 17.2 Å². The van der Waals surface area contributed by atoms with Crippen molar-refractivity contribution in [2.24, 2.45) is 0 Å². The van der Waals surface area contributed by atoms with E-state index in [0.717, 1.165) is 12.2 Å². The highest BCUT2D eigenvalue weighted by molar-refractivity contribution is 7.91. The average molecular weight is 324 g/mol.